The van der Waals surface area contributed by atoms with E-state index in [2.05, 4.69) is 20.4 Å². The van der Waals surface area contributed by atoms with Gasteiger partial charge in [0.1, 0.15) is 11.7 Å². The van der Waals surface area contributed by atoms with E-state index in [0.717, 1.165) is 0 Å². The van der Waals surface area contributed by atoms with Crippen LogP contribution in [0.1, 0.15) is 10.4 Å². The van der Waals surface area contributed by atoms with Gasteiger partial charge in [-0.15, -0.1) is 0 Å². The summed E-state index contributed by atoms with van der Waals surface area (Å²) in [4.78, 5) is 37.4. The highest BCUT2D eigenvalue weighted by molar-refractivity contribution is 6.29. The van der Waals surface area contributed by atoms with Crippen molar-refractivity contribution >= 4 is 29.4 Å². The Morgan fingerprint density at radius 2 is 2.00 bits per heavy atom. The number of carbonyl (C=O) groups excluding carboxylic acids is 3. The smallest absolute Gasteiger partial charge is 0.325 e. The summed E-state index contributed by atoms with van der Waals surface area (Å²) in [5.74, 6) is -1.53. The predicted molar refractivity (Wildman–Crippen MR) is 66.6 cm³/mol. The minimum Gasteiger partial charge on any atom is -0.468 e. The normalized spacial score (nSPS) is 9.58. The fourth-order valence-electron chi connectivity index (χ4n) is 1.08. The molecule has 1 aromatic rings. The standard InChI is InChI=1S/C11H12ClN3O4/c1-19-10(17)6-14-9(16)5-15-11(18)7-2-3-8(12)13-4-7/h2-4H,5-6H2,1H3,(H,14,16)(H,15,18). The molecular weight excluding hydrogens is 274 g/mol. The Kier molecular flexibility index (Phi) is 5.74. The van der Waals surface area contributed by atoms with Crippen LogP contribution >= 0.6 is 11.6 Å². The Labute approximate surface area is 114 Å². The molecule has 2 amide bonds. The van der Waals surface area contributed by atoms with E-state index < -0.39 is 17.8 Å². The number of methoxy groups -OCH3 is 1. The van der Waals surface area contributed by atoms with E-state index in [0.29, 0.717) is 0 Å². The number of hydrogen-bond donors (Lipinski definition) is 2. The highest BCUT2D eigenvalue weighted by atomic mass is 35.5. The van der Waals surface area contributed by atoms with Gasteiger partial charge in [0.25, 0.3) is 5.91 Å². The van der Waals surface area contributed by atoms with Gasteiger partial charge in [-0.3, -0.25) is 14.4 Å². The number of hydrogen-bond acceptors (Lipinski definition) is 5. The average molecular weight is 286 g/mol. The van der Waals surface area contributed by atoms with E-state index in [4.69, 9.17) is 11.6 Å². The molecule has 0 spiro atoms. The van der Waals surface area contributed by atoms with Crippen LogP contribution in [0.25, 0.3) is 0 Å². The molecular formula is C11H12ClN3O4. The van der Waals surface area contributed by atoms with Crippen LogP contribution < -0.4 is 10.6 Å². The second-order valence-corrected chi connectivity index (χ2v) is 3.79. The van der Waals surface area contributed by atoms with Gasteiger partial charge in [-0.1, -0.05) is 11.6 Å². The number of pyridine rings is 1. The van der Waals surface area contributed by atoms with Crippen molar-refractivity contribution in [2.24, 2.45) is 0 Å². The molecule has 0 aromatic carbocycles. The summed E-state index contributed by atoms with van der Waals surface area (Å²) in [7, 11) is 1.21. The van der Waals surface area contributed by atoms with Crippen LogP contribution in [0, 0.1) is 0 Å². The fraction of sp³-hybridized carbons (Fsp3) is 0.273. The molecule has 1 rings (SSSR count). The van der Waals surface area contributed by atoms with Crippen molar-refractivity contribution in [1.82, 2.24) is 15.6 Å². The maximum Gasteiger partial charge on any atom is 0.325 e. The van der Waals surface area contributed by atoms with Gasteiger partial charge in [0.15, 0.2) is 0 Å². The zero-order valence-corrected chi connectivity index (χ0v) is 10.9. The van der Waals surface area contributed by atoms with Gasteiger partial charge in [0, 0.05) is 6.20 Å². The number of aromatic nitrogens is 1. The van der Waals surface area contributed by atoms with Crippen molar-refractivity contribution in [2.75, 3.05) is 20.2 Å². The molecule has 7 nitrogen and oxygen atoms in total. The summed E-state index contributed by atoms with van der Waals surface area (Å²) < 4.78 is 4.34. The maximum atomic E-state index is 11.6. The molecule has 0 bridgehead atoms. The van der Waals surface area contributed by atoms with Gasteiger partial charge in [0.2, 0.25) is 5.91 Å². The lowest BCUT2D eigenvalue weighted by Gasteiger charge is -2.06. The minimum absolute atomic E-state index is 0.242. The molecule has 0 aliphatic rings. The molecule has 0 atom stereocenters. The molecule has 0 fully saturated rings. The van der Waals surface area contributed by atoms with Gasteiger partial charge in [0.05, 0.1) is 19.2 Å². The Hall–Kier alpha value is -2.15. The van der Waals surface area contributed by atoms with Crippen LogP contribution in [0.4, 0.5) is 0 Å². The number of rotatable bonds is 5. The van der Waals surface area contributed by atoms with E-state index >= 15 is 0 Å². The van der Waals surface area contributed by atoms with Crippen molar-refractivity contribution in [3.8, 4) is 0 Å². The van der Waals surface area contributed by atoms with Crippen LogP contribution in [-0.4, -0.2) is 43.0 Å². The third-order valence-corrected chi connectivity index (χ3v) is 2.28. The van der Waals surface area contributed by atoms with Crippen molar-refractivity contribution in [3.63, 3.8) is 0 Å². The largest absolute Gasteiger partial charge is 0.468 e. The zero-order chi connectivity index (χ0) is 14.3. The monoisotopic (exact) mass is 285 g/mol. The number of carbonyl (C=O) groups is 3. The van der Waals surface area contributed by atoms with Gasteiger partial charge >= 0.3 is 5.97 Å². The molecule has 0 saturated heterocycles. The van der Waals surface area contributed by atoms with Crippen LogP contribution in [-0.2, 0) is 14.3 Å². The topological polar surface area (TPSA) is 97.4 Å². The molecule has 8 heteroatoms. The fourth-order valence-corrected chi connectivity index (χ4v) is 1.19. The Morgan fingerprint density at radius 3 is 2.58 bits per heavy atom. The lowest BCUT2D eigenvalue weighted by molar-refractivity contribution is -0.141. The second-order valence-electron chi connectivity index (χ2n) is 3.41. The Balaban J connectivity index is 2.36. The van der Waals surface area contributed by atoms with Crippen molar-refractivity contribution in [2.45, 2.75) is 0 Å². The van der Waals surface area contributed by atoms with E-state index in [9.17, 15) is 14.4 Å². The van der Waals surface area contributed by atoms with Crippen molar-refractivity contribution < 1.29 is 19.1 Å². The molecule has 0 saturated carbocycles. The number of amides is 2. The van der Waals surface area contributed by atoms with E-state index in [-0.39, 0.29) is 23.8 Å². The summed E-state index contributed by atoms with van der Waals surface area (Å²) in [5.41, 5.74) is 0.283. The highest BCUT2D eigenvalue weighted by Gasteiger charge is 2.09. The van der Waals surface area contributed by atoms with Gasteiger partial charge in [-0.25, -0.2) is 4.98 Å². The summed E-state index contributed by atoms with van der Waals surface area (Å²) in [6.07, 6.45) is 1.30. The average Bonchev–Trinajstić information content (AvgIpc) is 2.42. The third-order valence-electron chi connectivity index (χ3n) is 2.06. The van der Waals surface area contributed by atoms with Gasteiger partial charge in [-0.05, 0) is 12.1 Å². The maximum absolute atomic E-state index is 11.6. The SMILES string of the molecule is COC(=O)CNC(=O)CNC(=O)c1ccc(Cl)nc1. The number of halogens is 1. The van der Waals surface area contributed by atoms with Crippen molar-refractivity contribution in [1.29, 1.82) is 0 Å². The summed E-state index contributed by atoms with van der Waals surface area (Å²) >= 11 is 5.58. The number of ether oxygens (including phenoxy) is 1. The number of nitrogens with one attached hydrogen (secondary N) is 2. The summed E-state index contributed by atoms with van der Waals surface area (Å²) in [6.45, 7) is -0.494. The van der Waals surface area contributed by atoms with Crippen molar-refractivity contribution in [3.05, 3.63) is 29.0 Å². The van der Waals surface area contributed by atoms with E-state index in [1.54, 1.807) is 0 Å². The second kappa shape index (κ2) is 7.32. The highest BCUT2D eigenvalue weighted by Crippen LogP contribution is 2.04. The van der Waals surface area contributed by atoms with Crippen LogP contribution in [0.3, 0.4) is 0 Å². The number of nitrogens with zero attached hydrogens (tertiary/aromatic N) is 1. The molecule has 1 aromatic heterocycles. The van der Waals surface area contributed by atoms with Crippen LogP contribution in [0.5, 0.6) is 0 Å². The van der Waals surface area contributed by atoms with Crippen LogP contribution in [0.2, 0.25) is 5.15 Å². The van der Waals surface area contributed by atoms with Crippen LogP contribution in [0.15, 0.2) is 18.3 Å². The molecule has 102 valence electrons. The third kappa shape index (κ3) is 5.35. The van der Waals surface area contributed by atoms with E-state index in [1.807, 2.05) is 0 Å². The summed E-state index contributed by atoms with van der Waals surface area (Å²) in [6, 6.07) is 2.95. The molecule has 0 radical (unpaired) electrons. The molecule has 0 aliphatic heterocycles. The molecule has 1 heterocycles. The first kappa shape index (κ1) is 14.9. The summed E-state index contributed by atoms with van der Waals surface area (Å²) in [5, 5.41) is 4.93. The lowest BCUT2D eigenvalue weighted by atomic mass is 10.3. The Bertz CT molecular complexity index is 475. The molecule has 2 N–H and O–H groups in total. The first-order valence-corrected chi connectivity index (χ1v) is 5.64. The van der Waals surface area contributed by atoms with E-state index in [1.165, 1.54) is 25.4 Å². The number of esters is 1. The van der Waals surface area contributed by atoms with Gasteiger partial charge < -0.3 is 15.4 Å². The first-order valence-electron chi connectivity index (χ1n) is 5.26. The quantitative estimate of drug-likeness (QED) is 0.574. The molecule has 0 aliphatic carbocycles. The first-order chi connectivity index (χ1) is 9.02. The minimum atomic E-state index is -0.568. The lowest BCUT2D eigenvalue weighted by Crippen LogP contribution is -2.39. The van der Waals surface area contributed by atoms with Gasteiger partial charge in [-0.2, -0.15) is 0 Å². The Morgan fingerprint density at radius 1 is 1.26 bits per heavy atom. The molecule has 0 unspecified atom stereocenters. The predicted octanol–water partition coefficient (Wildman–Crippen LogP) is -0.246. The zero-order valence-electron chi connectivity index (χ0n) is 10.1. The molecule has 19 heavy (non-hydrogen) atoms.